The van der Waals surface area contributed by atoms with Gasteiger partial charge in [-0.3, -0.25) is 0 Å². The van der Waals surface area contributed by atoms with Crippen LogP contribution >= 0.6 is 35.7 Å². The van der Waals surface area contributed by atoms with E-state index in [1.807, 2.05) is 18.0 Å². The Morgan fingerprint density at radius 3 is 2.60 bits per heavy atom. The summed E-state index contributed by atoms with van der Waals surface area (Å²) in [5.41, 5.74) is 0. The van der Waals surface area contributed by atoms with E-state index in [0.29, 0.717) is 0 Å². The minimum atomic E-state index is 1.06. The monoisotopic (exact) mass is 193 g/mol. The van der Waals surface area contributed by atoms with Crippen molar-refractivity contribution in [2.45, 2.75) is 0 Å². The van der Waals surface area contributed by atoms with Crippen LogP contribution in [0.1, 0.15) is 0 Å². The Morgan fingerprint density at radius 1 is 1.50 bits per heavy atom. The summed E-state index contributed by atoms with van der Waals surface area (Å²) in [5, 5.41) is 0. The third kappa shape index (κ3) is 2.32. The first-order valence-electron chi connectivity index (χ1n) is 3.25. The van der Waals surface area contributed by atoms with Gasteiger partial charge in [-0.05, 0) is 6.26 Å². The normalized spacial score (nSPS) is 19.1. The molecule has 0 amide bonds. The molecule has 4 heteroatoms. The van der Waals surface area contributed by atoms with Crippen LogP contribution in [-0.2, 0) is 0 Å². The van der Waals surface area contributed by atoms with Crippen LogP contribution in [0, 0.1) is 0 Å². The first kappa shape index (κ1) is 8.68. The predicted octanol–water partition coefficient (Wildman–Crippen LogP) is 1.68. The molecule has 0 radical (unpaired) electrons. The van der Waals surface area contributed by atoms with Crippen molar-refractivity contribution in [3.8, 4) is 0 Å². The second-order valence-corrected chi connectivity index (χ2v) is 4.73. The van der Waals surface area contributed by atoms with Crippen LogP contribution in [0.25, 0.3) is 0 Å². The molecule has 1 rings (SSSR count). The van der Waals surface area contributed by atoms with Gasteiger partial charge in [-0.2, -0.15) is 11.8 Å². The molecule has 0 unspecified atom stereocenters. The molecule has 1 nitrogen and oxygen atoms in total. The van der Waals surface area contributed by atoms with Gasteiger partial charge in [0.2, 0.25) is 0 Å². The predicted molar refractivity (Wildman–Crippen MR) is 55.0 cm³/mol. The average molecular weight is 193 g/mol. The zero-order valence-electron chi connectivity index (χ0n) is 6.00. The molecule has 0 aliphatic carbocycles. The van der Waals surface area contributed by atoms with Crippen molar-refractivity contribution in [1.82, 2.24) is 4.90 Å². The van der Waals surface area contributed by atoms with Crippen molar-refractivity contribution < 1.29 is 0 Å². The van der Waals surface area contributed by atoms with Crippen LogP contribution in [-0.4, -0.2) is 40.1 Å². The van der Waals surface area contributed by atoms with E-state index < -0.39 is 0 Å². The first-order valence-corrected chi connectivity index (χ1v) is 6.04. The largest absolute Gasteiger partial charge is 0.356 e. The minimum Gasteiger partial charge on any atom is -0.356 e. The molecule has 0 spiro atoms. The van der Waals surface area contributed by atoms with Crippen LogP contribution in [0.2, 0.25) is 0 Å². The molecule has 0 aromatic carbocycles. The molecule has 0 aromatic heterocycles. The Morgan fingerprint density at radius 2 is 2.10 bits per heavy atom. The van der Waals surface area contributed by atoms with Gasteiger partial charge in [-0.15, -0.1) is 11.8 Å². The van der Waals surface area contributed by atoms with Gasteiger partial charge in [0.25, 0.3) is 0 Å². The van der Waals surface area contributed by atoms with E-state index in [1.54, 1.807) is 11.8 Å². The third-order valence-electron chi connectivity index (χ3n) is 1.44. The molecule has 1 fully saturated rings. The Labute approximate surface area is 75.9 Å². The number of nitrogens with zero attached hydrogens (tertiary/aromatic N) is 1. The summed E-state index contributed by atoms with van der Waals surface area (Å²) >= 11 is 8.85. The smallest absolute Gasteiger partial charge is 0.136 e. The van der Waals surface area contributed by atoms with Crippen LogP contribution in [0.5, 0.6) is 0 Å². The zero-order valence-corrected chi connectivity index (χ0v) is 8.45. The Bertz CT molecular complexity index is 120. The first-order chi connectivity index (χ1) is 4.84. The van der Waals surface area contributed by atoms with Crippen LogP contribution < -0.4 is 0 Å². The van der Waals surface area contributed by atoms with E-state index in [9.17, 15) is 0 Å². The van der Waals surface area contributed by atoms with Gasteiger partial charge in [0.05, 0.1) is 0 Å². The average Bonchev–Trinajstić information content (AvgIpc) is 2.05. The van der Waals surface area contributed by atoms with Gasteiger partial charge in [0.15, 0.2) is 0 Å². The van der Waals surface area contributed by atoms with Crippen molar-refractivity contribution in [2.24, 2.45) is 0 Å². The van der Waals surface area contributed by atoms with E-state index in [1.165, 1.54) is 11.5 Å². The minimum absolute atomic E-state index is 1.06. The number of thiocarbonyl (C=S) groups is 1. The fourth-order valence-electron chi connectivity index (χ4n) is 0.875. The van der Waals surface area contributed by atoms with Crippen LogP contribution in [0.3, 0.4) is 0 Å². The van der Waals surface area contributed by atoms with Crippen molar-refractivity contribution in [1.29, 1.82) is 0 Å². The van der Waals surface area contributed by atoms with Crippen molar-refractivity contribution >= 4 is 40.1 Å². The number of hydrogen-bond acceptors (Lipinski definition) is 3. The number of hydrogen-bond donors (Lipinski definition) is 0. The third-order valence-corrected chi connectivity index (χ3v) is 3.75. The second-order valence-electron chi connectivity index (χ2n) is 2.07. The van der Waals surface area contributed by atoms with Gasteiger partial charge in [-0.25, -0.2) is 0 Å². The van der Waals surface area contributed by atoms with E-state index in [2.05, 4.69) is 4.90 Å². The molecular formula is C6H11NS3. The van der Waals surface area contributed by atoms with Crippen molar-refractivity contribution in [3.63, 3.8) is 0 Å². The summed E-state index contributed by atoms with van der Waals surface area (Å²) in [7, 11) is 0. The summed E-state index contributed by atoms with van der Waals surface area (Å²) in [6.45, 7) is 2.29. The maximum atomic E-state index is 5.15. The van der Waals surface area contributed by atoms with Gasteiger partial charge in [-0.1, -0.05) is 12.2 Å². The lowest BCUT2D eigenvalue weighted by Crippen LogP contribution is -2.35. The maximum Gasteiger partial charge on any atom is 0.136 e. The quantitative estimate of drug-likeness (QED) is 0.538. The molecule has 1 saturated heterocycles. The number of rotatable bonds is 0. The summed E-state index contributed by atoms with van der Waals surface area (Å²) < 4.78 is 1.06. The SMILES string of the molecule is CSC(=S)N1CCSCC1. The highest BCUT2D eigenvalue weighted by atomic mass is 32.2. The Hall–Kier alpha value is 0.590. The van der Waals surface area contributed by atoms with Crippen LogP contribution in [0.4, 0.5) is 0 Å². The highest BCUT2D eigenvalue weighted by Gasteiger charge is 2.11. The summed E-state index contributed by atoms with van der Waals surface area (Å²) in [6.07, 6.45) is 2.05. The molecule has 0 N–H and O–H groups in total. The molecule has 0 saturated carbocycles. The Kier molecular flexibility index (Phi) is 3.88. The Balaban J connectivity index is 2.31. The molecule has 1 heterocycles. The molecule has 10 heavy (non-hydrogen) atoms. The standard InChI is InChI=1S/C6H11NS3/c1-9-6(8)7-2-4-10-5-3-7/h2-5H2,1H3. The van der Waals surface area contributed by atoms with Gasteiger partial charge in [0, 0.05) is 24.6 Å². The van der Waals surface area contributed by atoms with E-state index in [0.717, 1.165) is 17.4 Å². The molecule has 0 bridgehead atoms. The second kappa shape index (κ2) is 4.46. The molecule has 58 valence electrons. The fraction of sp³-hybridized carbons (Fsp3) is 0.833. The lowest BCUT2D eigenvalue weighted by atomic mass is 10.6. The molecule has 1 aliphatic heterocycles. The summed E-state index contributed by atoms with van der Waals surface area (Å²) in [5.74, 6) is 2.47. The zero-order chi connectivity index (χ0) is 7.40. The van der Waals surface area contributed by atoms with E-state index in [4.69, 9.17) is 12.2 Å². The summed E-state index contributed by atoms with van der Waals surface area (Å²) in [6, 6.07) is 0. The van der Waals surface area contributed by atoms with E-state index >= 15 is 0 Å². The lowest BCUT2D eigenvalue weighted by Gasteiger charge is -2.27. The van der Waals surface area contributed by atoms with Gasteiger partial charge >= 0.3 is 0 Å². The highest BCUT2D eigenvalue weighted by molar-refractivity contribution is 8.22. The maximum absolute atomic E-state index is 5.15. The van der Waals surface area contributed by atoms with Crippen molar-refractivity contribution in [3.05, 3.63) is 0 Å². The molecule has 0 atom stereocenters. The highest BCUT2D eigenvalue weighted by Crippen LogP contribution is 2.13. The van der Waals surface area contributed by atoms with E-state index in [-0.39, 0.29) is 0 Å². The van der Waals surface area contributed by atoms with Gasteiger partial charge < -0.3 is 4.90 Å². The van der Waals surface area contributed by atoms with Crippen molar-refractivity contribution in [2.75, 3.05) is 30.9 Å². The van der Waals surface area contributed by atoms with Crippen LogP contribution in [0.15, 0.2) is 0 Å². The topological polar surface area (TPSA) is 3.24 Å². The van der Waals surface area contributed by atoms with Gasteiger partial charge in [0.1, 0.15) is 4.32 Å². The number of thioether (sulfide) groups is 2. The molecule has 0 aromatic rings. The summed E-state index contributed by atoms with van der Waals surface area (Å²) in [4.78, 5) is 2.29. The fourth-order valence-corrected chi connectivity index (χ4v) is 2.40. The molecule has 1 aliphatic rings. The lowest BCUT2D eigenvalue weighted by molar-refractivity contribution is 0.480. The molecular weight excluding hydrogens is 182 g/mol.